The summed E-state index contributed by atoms with van der Waals surface area (Å²) in [4.78, 5) is 12.8. The Bertz CT molecular complexity index is 990. The molecule has 3 rings (SSSR count). The van der Waals surface area contributed by atoms with Crippen LogP contribution in [0.2, 0.25) is 0 Å². The molecule has 0 saturated heterocycles. The highest BCUT2D eigenvalue weighted by molar-refractivity contribution is 8.00. The number of tetrazole rings is 1. The maximum atomic E-state index is 12.8. The number of nitrogens with zero attached hydrogens (tertiary/aromatic N) is 4. The van der Waals surface area contributed by atoms with Gasteiger partial charge in [-0.2, -0.15) is 4.68 Å². The summed E-state index contributed by atoms with van der Waals surface area (Å²) in [5.74, 6) is -0.0699. The van der Waals surface area contributed by atoms with Gasteiger partial charge in [-0.1, -0.05) is 54.9 Å². The third kappa shape index (κ3) is 5.27. The number of rotatable bonds is 8. The fourth-order valence-electron chi connectivity index (χ4n) is 3.41. The predicted octanol–water partition coefficient (Wildman–Crippen LogP) is 5.05. The molecule has 1 heterocycles. The van der Waals surface area contributed by atoms with Gasteiger partial charge in [-0.05, 0) is 79.8 Å². The van der Waals surface area contributed by atoms with Gasteiger partial charge in [0.1, 0.15) is 0 Å². The van der Waals surface area contributed by atoms with Gasteiger partial charge in [0.25, 0.3) is 0 Å². The van der Waals surface area contributed by atoms with Crippen LogP contribution in [0.1, 0.15) is 48.9 Å². The lowest BCUT2D eigenvalue weighted by Crippen LogP contribution is -2.24. The fourth-order valence-corrected chi connectivity index (χ4v) is 4.22. The van der Waals surface area contributed by atoms with Crippen molar-refractivity contribution in [1.82, 2.24) is 20.2 Å². The first-order chi connectivity index (χ1) is 14.4. The Labute approximate surface area is 182 Å². The van der Waals surface area contributed by atoms with Gasteiger partial charge in [0.15, 0.2) is 0 Å². The third-order valence-corrected chi connectivity index (χ3v) is 6.05. The molecule has 1 unspecified atom stereocenters. The van der Waals surface area contributed by atoms with Crippen LogP contribution in [-0.4, -0.2) is 31.4 Å². The van der Waals surface area contributed by atoms with Crippen molar-refractivity contribution >= 4 is 23.4 Å². The molecule has 0 saturated carbocycles. The highest BCUT2D eigenvalue weighted by Crippen LogP contribution is 2.26. The van der Waals surface area contributed by atoms with Crippen LogP contribution in [0.3, 0.4) is 0 Å². The van der Waals surface area contributed by atoms with Gasteiger partial charge in [0.05, 0.1) is 10.9 Å². The van der Waals surface area contributed by atoms with E-state index in [0.717, 1.165) is 28.9 Å². The van der Waals surface area contributed by atoms with E-state index in [-0.39, 0.29) is 11.2 Å². The van der Waals surface area contributed by atoms with Crippen molar-refractivity contribution in [1.29, 1.82) is 0 Å². The van der Waals surface area contributed by atoms with Crippen molar-refractivity contribution in [3.05, 3.63) is 58.7 Å². The van der Waals surface area contributed by atoms with Gasteiger partial charge in [-0.15, -0.1) is 5.10 Å². The normalized spacial score (nSPS) is 12.0. The number of unbranched alkanes of at least 4 members (excludes halogenated alkanes) is 1. The maximum Gasteiger partial charge on any atom is 0.237 e. The molecule has 0 aliphatic carbocycles. The highest BCUT2D eigenvalue weighted by Gasteiger charge is 2.20. The number of hydrogen-bond donors (Lipinski definition) is 1. The number of hydrogen-bond acceptors (Lipinski definition) is 5. The number of carbonyl (C=O) groups excluding carboxylic acids is 1. The molecule has 1 aromatic heterocycles. The van der Waals surface area contributed by atoms with E-state index in [0.29, 0.717) is 5.16 Å². The second kappa shape index (κ2) is 9.89. The van der Waals surface area contributed by atoms with Crippen LogP contribution in [0.4, 0.5) is 5.69 Å². The van der Waals surface area contributed by atoms with Gasteiger partial charge in [-0.3, -0.25) is 4.79 Å². The molecule has 0 fully saturated rings. The zero-order valence-electron chi connectivity index (χ0n) is 18.3. The van der Waals surface area contributed by atoms with E-state index in [1.165, 1.54) is 35.7 Å². The molecule has 2 aromatic carbocycles. The van der Waals surface area contributed by atoms with Crippen LogP contribution in [0.15, 0.2) is 41.6 Å². The minimum absolute atomic E-state index is 0.0699. The molecule has 6 nitrogen and oxygen atoms in total. The average molecular weight is 424 g/mol. The second-order valence-electron chi connectivity index (χ2n) is 7.67. The number of anilines is 1. The Balaban J connectivity index is 1.70. The Morgan fingerprint density at radius 3 is 2.43 bits per heavy atom. The highest BCUT2D eigenvalue weighted by atomic mass is 32.2. The number of amides is 1. The zero-order valence-corrected chi connectivity index (χ0v) is 19.1. The monoisotopic (exact) mass is 423 g/mol. The van der Waals surface area contributed by atoms with E-state index in [9.17, 15) is 4.79 Å². The zero-order chi connectivity index (χ0) is 21.7. The molecule has 1 atom stereocenters. The quantitative estimate of drug-likeness (QED) is 0.513. The van der Waals surface area contributed by atoms with Gasteiger partial charge < -0.3 is 5.32 Å². The van der Waals surface area contributed by atoms with Crippen LogP contribution < -0.4 is 5.32 Å². The molecule has 0 aliphatic rings. The molecule has 0 radical (unpaired) electrons. The SMILES string of the molecule is CCCCc1ccc(-n2nnnc2SC(C)C(=O)Nc2c(C)cc(C)cc2C)cc1. The molecule has 30 heavy (non-hydrogen) atoms. The van der Waals surface area contributed by atoms with Gasteiger partial charge >= 0.3 is 0 Å². The molecule has 0 bridgehead atoms. The number of thioether (sulfide) groups is 1. The Morgan fingerprint density at radius 2 is 1.80 bits per heavy atom. The summed E-state index contributed by atoms with van der Waals surface area (Å²) in [5.41, 5.74) is 6.38. The lowest BCUT2D eigenvalue weighted by atomic mass is 10.1. The van der Waals surface area contributed by atoms with E-state index in [4.69, 9.17) is 0 Å². The van der Waals surface area contributed by atoms with Gasteiger partial charge in [0.2, 0.25) is 11.1 Å². The van der Waals surface area contributed by atoms with Crippen molar-refractivity contribution in [2.75, 3.05) is 5.32 Å². The maximum absolute atomic E-state index is 12.8. The topological polar surface area (TPSA) is 72.7 Å². The summed E-state index contributed by atoms with van der Waals surface area (Å²) in [7, 11) is 0. The first-order valence-corrected chi connectivity index (χ1v) is 11.2. The Morgan fingerprint density at radius 1 is 1.13 bits per heavy atom. The lowest BCUT2D eigenvalue weighted by Gasteiger charge is -2.16. The third-order valence-electron chi connectivity index (χ3n) is 5.02. The van der Waals surface area contributed by atoms with E-state index in [1.54, 1.807) is 4.68 Å². The molecule has 158 valence electrons. The largest absolute Gasteiger partial charge is 0.325 e. The number of aromatic nitrogens is 4. The van der Waals surface area contributed by atoms with E-state index in [2.05, 4.69) is 59.0 Å². The predicted molar refractivity (Wildman–Crippen MR) is 122 cm³/mol. The van der Waals surface area contributed by atoms with E-state index in [1.807, 2.05) is 32.9 Å². The molecule has 7 heteroatoms. The second-order valence-corrected chi connectivity index (χ2v) is 8.97. The number of benzene rings is 2. The first-order valence-electron chi connectivity index (χ1n) is 10.3. The molecule has 0 aliphatic heterocycles. The lowest BCUT2D eigenvalue weighted by molar-refractivity contribution is -0.115. The summed E-state index contributed by atoms with van der Waals surface area (Å²) < 4.78 is 1.68. The molecular formula is C23H29N5OS. The number of carbonyl (C=O) groups is 1. The summed E-state index contributed by atoms with van der Waals surface area (Å²) in [6.07, 6.45) is 3.43. The van der Waals surface area contributed by atoms with Gasteiger partial charge in [0, 0.05) is 5.69 Å². The van der Waals surface area contributed by atoms with Crippen LogP contribution in [0.5, 0.6) is 0 Å². The van der Waals surface area contributed by atoms with Crippen LogP contribution >= 0.6 is 11.8 Å². The van der Waals surface area contributed by atoms with E-state index >= 15 is 0 Å². The van der Waals surface area contributed by atoms with Crippen molar-refractivity contribution < 1.29 is 4.79 Å². The minimum Gasteiger partial charge on any atom is -0.325 e. The molecule has 3 aromatic rings. The minimum atomic E-state index is -0.348. The summed E-state index contributed by atoms with van der Waals surface area (Å²) in [5, 5.41) is 15.4. The van der Waals surface area contributed by atoms with Crippen molar-refractivity contribution in [2.24, 2.45) is 0 Å². The standard InChI is InChI=1S/C23H29N5OS/c1-6-7-8-19-9-11-20(12-10-19)28-23(25-26-27-28)30-18(5)22(29)24-21-16(3)13-15(2)14-17(21)4/h9-14,18H,6-8H2,1-5H3,(H,24,29). The number of nitrogens with one attached hydrogen (secondary N) is 1. The molecule has 1 amide bonds. The molecular weight excluding hydrogens is 394 g/mol. The summed E-state index contributed by atoms with van der Waals surface area (Å²) in [6, 6.07) is 12.4. The van der Waals surface area contributed by atoms with Crippen LogP contribution in [-0.2, 0) is 11.2 Å². The average Bonchev–Trinajstić information content (AvgIpc) is 3.17. The fraction of sp³-hybridized carbons (Fsp3) is 0.391. The molecule has 0 spiro atoms. The summed E-state index contributed by atoms with van der Waals surface area (Å²) >= 11 is 1.35. The first kappa shape index (κ1) is 22.0. The van der Waals surface area contributed by atoms with Gasteiger partial charge in [-0.25, -0.2) is 0 Å². The summed E-state index contributed by atoms with van der Waals surface area (Å²) in [6.45, 7) is 10.1. The van der Waals surface area contributed by atoms with E-state index < -0.39 is 0 Å². The molecule has 1 N–H and O–H groups in total. The number of aryl methyl sites for hydroxylation is 4. The Kier molecular flexibility index (Phi) is 7.26. The van der Waals surface area contributed by atoms with Crippen molar-refractivity contribution in [3.63, 3.8) is 0 Å². The van der Waals surface area contributed by atoms with Crippen molar-refractivity contribution in [2.45, 2.75) is 64.3 Å². The Hall–Kier alpha value is -2.67. The van der Waals surface area contributed by atoms with Crippen LogP contribution in [0, 0.1) is 20.8 Å². The smallest absolute Gasteiger partial charge is 0.237 e. The van der Waals surface area contributed by atoms with Crippen molar-refractivity contribution in [3.8, 4) is 5.69 Å². The van der Waals surface area contributed by atoms with Crippen LogP contribution in [0.25, 0.3) is 5.69 Å².